The summed E-state index contributed by atoms with van der Waals surface area (Å²) in [5.41, 5.74) is 0.296. The normalized spacial score (nSPS) is 12.9. The average Bonchev–Trinajstić information content (AvgIpc) is 2.39. The fourth-order valence-corrected chi connectivity index (χ4v) is 2.02. The van der Waals surface area contributed by atoms with Crippen LogP contribution in [-0.4, -0.2) is 31.8 Å². The van der Waals surface area contributed by atoms with E-state index in [0.29, 0.717) is 12.0 Å². The number of esters is 1. The highest BCUT2D eigenvalue weighted by Gasteiger charge is 2.21. The van der Waals surface area contributed by atoms with E-state index in [9.17, 15) is 9.18 Å². The van der Waals surface area contributed by atoms with E-state index < -0.39 is 11.8 Å². The Bertz CT molecular complexity index is 474. The maximum absolute atomic E-state index is 13.8. The number of rotatable bonds is 6. The third-order valence-corrected chi connectivity index (χ3v) is 3.14. The minimum atomic E-state index is -0.488. The molecule has 0 saturated heterocycles. The molecule has 0 saturated carbocycles. The number of halogens is 1. The molecule has 0 aliphatic rings. The highest BCUT2D eigenvalue weighted by atomic mass is 19.1. The molecule has 1 aromatic rings. The molecule has 1 N–H and O–H groups in total. The Hall–Kier alpha value is -1.62. The summed E-state index contributed by atoms with van der Waals surface area (Å²) in [6.45, 7) is 5.86. The van der Waals surface area contributed by atoms with Gasteiger partial charge in [0.1, 0.15) is 5.82 Å². The number of benzene rings is 1. The van der Waals surface area contributed by atoms with Crippen molar-refractivity contribution in [1.29, 1.82) is 0 Å². The lowest BCUT2D eigenvalue weighted by atomic mass is 9.99. The number of methoxy groups -OCH3 is 2. The standard InChI is InChI=1S/C15H22FNO3/c1-10(9-15(2,3)20-5)17-13-8-11(14(18)19-4)6-7-12(13)16/h6-8,10,17H,9H2,1-5H3. The van der Waals surface area contributed by atoms with Crippen molar-refractivity contribution >= 4 is 11.7 Å². The molecule has 0 bridgehead atoms. The van der Waals surface area contributed by atoms with E-state index in [1.54, 1.807) is 7.11 Å². The highest BCUT2D eigenvalue weighted by molar-refractivity contribution is 5.90. The van der Waals surface area contributed by atoms with Crippen LogP contribution in [0.4, 0.5) is 10.1 Å². The Morgan fingerprint density at radius 1 is 1.40 bits per heavy atom. The van der Waals surface area contributed by atoms with Crippen molar-refractivity contribution in [1.82, 2.24) is 0 Å². The van der Waals surface area contributed by atoms with Crippen LogP contribution in [0.15, 0.2) is 18.2 Å². The van der Waals surface area contributed by atoms with E-state index in [2.05, 4.69) is 10.1 Å². The first-order valence-corrected chi connectivity index (χ1v) is 6.48. The van der Waals surface area contributed by atoms with E-state index in [4.69, 9.17) is 4.74 Å². The van der Waals surface area contributed by atoms with Crippen LogP contribution in [0.2, 0.25) is 0 Å². The molecule has 0 aliphatic carbocycles. The molecule has 112 valence electrons. The molecule has 0 spiro atoms. The van der Waals surface area contributed by atoms with Crippen molar-refractivity contribution < 1.29 is 18.7 Å². The molecule has 0 amide bonds. The lowest BCUT2D eigenvalue weighted by molar-refractivity contribution is 0.0127. The van der Waals surface area contributed by atoms with Crippen LogP contribution in [0.1, 0.15) is 37.6 Å². The quantitative estimate of drug-likeness (QED) is 0.814. The number of hydrogen-bond donors (Lipinski definition) is 1. The van der Waals surface area contributed by atoms with Crippen molar-refractivity contribution in [2.24, 2.45) is 0 Å². The van der Waals surface area contributed by atoms with Gasteiger partial charge in [-0.05, 0) is 45.4 Å². The van der Waals surface area contributed by atoms with Gasteiger partial charge in [0, 0.05) is 13.2 Å². The van der Waals surface area contributed by atoms with Gasteiger partial charge in [-0.25, -0.2) is 9.18 Å². The molecule has 5 heteroatoms. The zero-order chi connectivity index (χ0) is 15.3. The van der Waals surface area contributed by atoms with Crippen molar-refractivity contribution in [2.75, 3.05) is 19.5 Å². The Labute approximate surface area is 119 Å². The van der Waals surface area contributed by atoms with Crippen LogP contribution in [-0.2, 0) is 9.47 Å². The van der Waals surface area contributed by atoms with Gasteiger partial charge in [0.05, 0.1) is 24.0 Å². The molecule has 20 heavy (non-hydrogen) atoms. The number of carbonyl (C=O) groups is 1. The zero-order valence-electron chi connectivity index (χ0n) is 12.6. The van der Waals surface area contributed by atoms with Crippen LogP contribution in [0.5, 0.6) is 0 Å². The molecule has 1 aromatic carbocycles. The Morgan fingerprint density at radius 3 is 2.60 bits per heavy atom. The largest absolute Gasteiger partial charge is 0.465 e. The van der Waals surface area contributed by atoms with Gasteiger partial charge in [-0.15, -0.1) is 0 Å². The first-order chi connectivity index (χ1) is 9.29. The maximum atomic E-state index is 13.8. The maximum Gasteiger partial charge on any atom is 0.337 e. The molecular weight excluding hydrogens is 261 g/mol. The van der Waals surface area contributed by atoms with Crippen LogP contribution in [0.25, 0.3) is 0 Å². The summed E-state index contributed by atoms with van der Waals surface area (Å²) in [6, 6.07) is 4.10. The Balaban J connectivity index is 2.83. The van der Waals surface area contributed by atoms with Gasteiger partial charge in [-0.2, -0.15) is 0 Å². The zero-order valence-corrected chi connectivity index (χ0v) is 12.6. The first kappa shape index (κ1) is 16.4. The molecule has 1 rings (SSSR count). The van der Waals surface area contributed by atoms with E-state index in [1.807, 2.05) is 20.8 Å². The van der Waals surface area contributed by atoms with Crippen molar-refractivity contribution in [2.45, 2.75) is 38.8 Å². The topological polar surface area (TPSA) is 47.6 Å². The van der Waals surface area contributed by atoms with Gasteiger partial charge in [-0.3, -0.25) is 0 Å². The van der Waals surface area contributed by atoms with E-state index >= 15 is 0 Å². The molecule has 0 aromatic heterocycles. The lowest BCUT2D eigenvalue weighted by Crippen LogP contribution is -2.31. The second-order valence-electron chi connectivity index (χ2n) is 5.40. The van der Waals surface area contributed by atoms with Gasteiger partial charge < -0.3 is 14.8 Å². The summed E-state index contributed by atoms with van der Waals surface area (Å²) in [4.78, 5) is 11.4. The molecule has 0 radical (unpaired) electrons. The van der Waals surface area contributed by atoms with Crippen LogP contribution < -0.4 is 5.32 Å². The minimum Gasteiger partial charge on any atom is -0.465 e. The Morgan fingerprint density at radius 2 is 2.05 bits per heavy atom. The molecule has 1 atom stereocenters. The lowest BCUT2D eigenvalue weighted by Gasteiger charge is -2.27. The minimum absolute atomic E-state index is 0.00709. The number of nitrogens with one attached hydrogen (secondary N) is 1. The summed E-state index contributed by atoms with van der Waals surface area (Å²) >= 11 is 0. The summed E-state index contributed by atoms with van der Waals surface area (Å²) in [5.74, 6) is -0.891. The molecule has 0 heterocycles. The van der Waals surface area contributed by atoms with Gasteiger partial charge in [0.2, 0.25) is 0 Å². The SMILES string of the molecule is COC(=O)c1ccc(F)c(NC(C)CC(C)(C)OC)c1. The summed E-state index contributed by atoms with van der Waals surface area (Å²) < 4.78 is 23.7. The molecule has 1 unspecified atom stereocenters. The number of hydrogen-bond acceptors (Lipinski definition) is 4. The van der Waals surface area contributed by atoms with Crippen LogP contribution in [0, 0.1) is 5.82 Å². The summed E-state index contributed by atoms with van der Waals surface area (Å²) in [6.07, 6.45) is 0.700. The smallest absolute Gasteiger partial charge is 0.337 e. The first-order valence-electron chi connectivity index (χ1n) is 6.48. The second-order valence-corrected chi connectivity index (χ2v) is 5.40. The summed E-state index contributed by atoms with van der Waals surface area (Å²) in [7, 11) is 2.94. The monoisotopic (exact) mass is 283 g/mol. The molecule has 0 fully saturated rings. The van der Waals surface area contributed by atoms with Gasteiger partial charge in [0.25, 0.3) is 0 Å². The Kier molecular flexibility index (Phi) is 5.51. The van der Waals surface area contributed by atoms with Crippen LogP contribution in [0.3, 0.4) is 0 Å². The number of anilines is 1. The third kappa shape index (κ3) is 4.49. The number of ether oxygens (including phenoxy) is 2. The van der Waals surface area contributed by atoms with Gasteiger partial charge >= 0.3 is 5.97 Å². The molecule has 4 nitrogen and oxygen atoms in total. The van der Waals surface area contributed by atoms with E-state index in [-0.39, 0.29) is 17.3 Å². The highest BCUT2D eigenvalue weighted by Crippen LogP contribution is 2.22. The predicted molar refractivity (Wildman–Crippen MR) is 76.5 cm³/mol. The van der Waals surface area contributed by atoms with Gasteiger partial charge in [0.15, 0.2) is 0 Å². The van der Waals surface area contributed by atoms with E-state index in [0.717, 1.165) is 0 Å². The fraction of sp³-hybridized carbons (Fsp3) is 0.533. The van der Waals surface area contributed by atoms with Crippen molar-refractivity contribution in [3.63, 3.8) is 0 Å². The van der Waals surface area contributed by atoms with Crippen LogP contribution >= 0.6 is 0 Å². The third-order valence-electron chi connectivity index (χ3n) is 3.14. The fourth-order valence-electron chi connectivity index (χ4n) is 2.02. The average molecular weight is 283 g/mol. The van der Waals surface area contributed by atoms with E-state index in [1.165, 1.54) is 25.3 Å². The van der Waals surface area contributed by atoms with Crippen molar-refractivity contribution in [3.8, 4) is 0 Å². The molecular formula is C15H22FNO3. The predicted octanol–water partition coefficient (Wildman–Crippen LogP) is 3.23. The van der Waals surface area contributed by atoms with Crippen molar-refractivity contribution in [3.05, 3.63) is 29.6 Å². The number of carbonyl (C=O) groups excluding carboxylic acids is 1. The van der Waals surface area contributed by atoms with Gasteiger partial charge in [-0.1, -0.05) is 0 Å². The second kappa shape index (κ2) is 6.70. The summed E-state index contributed by atoms with van der Waals surface area (Å²) in [5, 5.41) is 3.06. The molecule has 0 aliphatic heterocycles.